The zero-order valence-corrected chi connectivity index (χ0v) is 13.1. The number of nitrogens with zero attached hydrogens (tertiary/aromatic N) is 4. The Kier molecular flexibility index (Phi) is 3.92. The van der Waals surface area contributed by atoms with Gasteiger partial charge in [-0.15, -0.1) is 10.2 Å². The van der Waals surface area contributed by atoms with Crippen molar-refractivity contribution in [2.24, 2.45) is 0 Å². The molecule has 1 N–H and O–H groups in total. The molecule has 0 aliphatic heterocycles. The summed E-state index contributed by atoms with van der Waals surface area (Å²) in [4.78, 5) is 12.6. The predicted molar refractivity (Wildman–Crippen MR) is 84.6 cm³/mol. The zero-order chi connectivity index (χ0) is 16.4. The number of aromatic nitrogens is 4. The van der Waals surface area contributed by atoms with Crippen molar-refractivity contribution in [2.75, 3.05) is 5.32 Å². The lowest BCUT2D eigenvalue weighted by atomic mass is 10.0. The first-order chi connectivity index (χ1) is 11.1. The SMILES string of the molecule is Cc1onc(C(C)C)c1C(=O)Nc1cccc(-n2cnnc2)c1. The van der Waals surface area contributed by atoms with Crippen LogP contribution < -0.4 is 5.32 Å². The molecule has 0 fully saturated rings. The number of nitrogens with one attached hydrogen (secondary N) is 1. The van der Waals surface area contributed by atoms with Crippen LogP contribution in [0.2, 0.25) is 0 Å². The minimum absolute atomic E-state index is 0.108. The van der Waals surface area contributed by atoms with E-state index in [0.29, 0.717) is 22.7 Å². The average Bonchev–Trinajstić information content (AvgIpc) is 3.16. The second-order valence-corrected chi connectivity index (χ2v) is 5.53. The zero-order valence-electron chi connectivity index (χ0n) is 13.1. The van der Waals surface area contributed by atoms with Gasteiger partial charge in [0.1, 0.15) is 24.0 Å². The second-order valence-electron chi connectivity index (χ2n) is 5.53. The maximum absolute atomic E-state index is 12.6. The van der Waals surface area contributed by atoms with Crippen molar-refractivity contribution in [3.8, 4) is 5.69 Å². The van der Waals surface area contributed by atoms with Crippen molar-refractivity contribution < 1.29 is 9.32 Å². The molecule has 0 spiro atoms. The van der Waals surface area contributed by atoms with E-state index < -0.39 is 0 Å². The first kappa shape index (κ1) is 15.0. The molecule has 1 amide bonds. The molecule has 0 unspecified atom stereocenters. The number of benzene rings is 1. The molecule has 0 aliphatic rings. The highest BCUT2D eigenvalue weighted by Gasteiger charge is 2.22. The van der Waals surface area contributed by atoms with Crippen molar-refractivity contribution in [2.45, 2.75) is 26.7 Å². The first-order valence-corrected chi connectivity index (χ1v) is 7.29. The fourth-order valence-corrected chi connectivity index (χ4v) is 2.33. The van der Waals surface area contributed by atoms with Gasteiger partial charge < -0.3 is 9.84 Å². The first-order valence-electron chi connectivity index (χ1n) is 7.29. The molecule has 3 rings (SSSR count). The molecule has 0 bridgehead atoms. The normalized spacial score (nSPS) is 11.0. The summed E-state index contributed by atoms with van der Waals surface area (Å²) < 4.78 is 6.93. The van der Waals surface area contributed by atoms with Gasteiger partial charge in [-0.05, 0) is 31.0 Å². The van der Waals surface area contributed by atoms with Crippen LogP contribution in [0.1, 0.15) is 41.6 Å². The van der Waals surface area contributed by atoms with Gasteiger partial charge in [-0.2, -0.15) is 0 Å². The van der Waals surface area contributed by atoms with Crippen molar-refractivity contribution in [1.29, 1.82) is 0 Å². The Morgan fingerprint density at radius 3 is 2.70 bits per heavy atom. The third kappa shape index (κ3) is 2.98. The molecule has 0 atom stereocenters. The number of aryl methyl sites for hydroxylation is 1. The summed E-state index contributed by atoms with van der Waals surface area (Å²) in [7, 11) is 0. The Morgan fingerprint density at radius 1 is 1.26 bits per heavy atom. The highest BCUT2D eigenvalue weighted by atomic mass is 16.5. The Bertz CT molecular complexity index is 821. The quantitative estimate of drug-likeness (QED) is 0.800. The third-order valence-corrected chi connectivity index (χ3v) is 3.48. The molecule has 0 aliphatic carbocycles. The fraction of sp³-hybridized carbons (Fsp3) is 0.250. The van der Waals surface area contributed by atoms with Crippen LogP contribution in [-0.4, -0.2) is 25.8 Å². The summed E-state index contributed by atoms with van der Waals surface area (Å²) >= 11 is 0. The van der Waals surface area contributed by atoms with Crippen LogP contribution in [0.25, 0.3) is 5.69 Å². The van der Waals surface area contributed by atoms with Crippen LogP contribution in [0.3, 0.4) is 0 Å². The van der Waals surface area contributed by atoms with Crippen molar-refractivity contribution >= 4 is 11.6 Å². The molecule has 0 radical (unpaired) electrons. The largest absolute Gasteiger partial charge is 0.361 e. The molecule has 0 saturated heterocycles. The van der Waals surface area contributed by atoms with Crippen molar-refractivity contribution in [1.82, 2.24) is 19.9 Å². The molecule has 7 nitrogen and oxygen atoms in total. The van der Waals surface area contributed by atoms with Gasteiger partial charge in [0.05, 0.1) is 11.4 Å². The van der Waals surface area contributed by atoms with E-state index in [4.69, 9.17) is 4.52 Å². The summed E-state index contributed by atoms with van der Waals surface area (Å²) in [6, 6.07) is 7.43. The summed E-state index contributed by atoms with van der Waals surface area (Å²) in [6.07, 6.45) is 3.20. The van der Waals surface area contributed by atoms with Crippen LogP contribution in [-0.2, 0) is 0 Å². The number of carbonyl (C=O) groups excluding carboxylic acids is 1. The Labute approximate surface area is 133 Å². The standard InChI is InChI=1S/C16H17N5O2/c1-10(2)15-14(11(3)23-20-15)16(22)19-12-5-4-6-13(7-12)21-8-17-18-9-21/h4-10H,1-3H3,(H,19,22). The van der Waals surface area contributed by atoms with Gasteiger partial charge in [0.15, 0.2) is 0 Å². The van der Waals surface area contributed by atoms with Crippen LogP contribution in [0.4, 0.5) is 5.69 Å². The molecule has 3 aromatic rings. The van der Waals surface area contributed by atoms with Gasteiger partial charge in [0.25, 0.3) is 5.91 Å². The average molecular weight is 311 g/mol. The third-order valence-electron chi connectivity index (χ3n) is 3.48. The van der Waals surface area contributed by atoms with E-state index >= 15 is 0 Å². The Balaban J connectivity index is 1.87. The lowest BCUT2D eigenvalue weighted by Gasteiger charge is -2.09. The number of anilines is 1. The molecule has 23 heavy (non-hydrogen) atoms. The number of amides is 1. The maximum atomic E-state index is 12.6. The maximum Gasteiger partial charge on any atom is 0.261 e. The van der Waals surface area contributed by atoms with E-state index in [1.54, 1.807) is 24.1 Å². The van der Waals surface area contributed by atoms with Crippen molar-refractivity contribution in [3.05, 3.63) is 53.9 Å². The van der Waals surface area contributed by atoms with Crippen LogP contribution >= 0.6 is 0 Å². The highest BCUT2D eigenvalue weighted by Crippen LogP contribution is 2.23. The lowest BCUT2D eigenvalue weighted by Crippen LogP contribution is -2.15. The van der Waals surface area contributed by atoms with E-state index in [9.17, 15) is 4.79 Å². The molecular formula is C16H17N5O2. The summed E-state index contributed by atoms with van der Waals surface area (Å²) in [5.41, 5.74) is 2.69. The number of hydrogen-bond acceptors (Lipinski definition) is 5. The molecular weight excluding hydrogens is 294 g/mol. The molecule has 7 heteroatoms. The summed E-state index contributed by atoms with van der Waals surface area (Å²) in [6.45, 7) is 5.68. The Hall–Kier alpha value is -2.96. The summed E-state index contributed by atoms with van der Waals surface area (Å²) in [5.74, 6) is 0.395. The van der Waals surface area contributed by atoms with E-state index in [1.807, 2.05) is 38.1 Å². The smallest absolute Gasteiger partial charge is 0.261 e. The minimum Gasteiger partial charge on any atom is -0.361 e. The molecule has 0 saturated carbocycles. The molecule has 2 aromatic heterocycles. The predicted octanol–water partition coefficient (Wildman–Crippen LogP) is 2.94. The number of hydrogen-bond donors (Lipinski definition) is 1. The van der Waals surface area contributed by atoms with Crippen molar-refractivity contribution in [3.63, 3.8) is 0 Å². The summed E-state index contributed by atoms with van der Waals surface area (Å²) in [5, 5.41) is 14.4. The van der Waals surface area contributed by atoms with E-state index in [0.717, 1.165) is 5.69 Å². The van der Waals surface area contributed by atoms with E-state index in [1.165, 1.54) is 0 Å². The highest BCUT2D eigenvalue weighted by molar-refractivity contribution is 6.05. The van der Waals surface area contributed by atoms with Gasteiger partial charge in [0.2, 0.25) is 0 Å². The van der Waals surface area contributed by atoms with Gasteiger partial charge in [-0.1, -0.05) is 25.1 Å². The van der Waals surface area contributed by atoms with E-state index in [2.05, 4.69) is 20.7 Å². The topological polar surface area (TPSA) is 85.8 Å². The van der Waals surface area contributed by atoms with Crippen LogP contribution in [0.15, 0.2) is 41.4 Å². The minimum atomic E-state index is -0.228. The monoisotopic (exact) mass is 311 g/mol. The van der Waals surface area contributed by atoms with Crippen LogP contribution in [0.5, 0.6) is 0 Å². The van der Waals surface area contributed by atoms with E-state index in [-0.39, 0.29) is 11.8 Å². The Morgan fingerprint density at radius 2 is 2.00 bits per heavy atom. The lowest BCUT2D eigenvalue weighted by molar-refractivity contribution is 0.102. The van der Waals surface area contributed by atoms with Gasteiger partial charge in [-0.25, -0.2) is 0 Å². The molecule has 1 aromatic carbocycles. The second kappa shape index (κ2) is 6.04. The number of carbonyl (C=O) groups is 1. The van der Waals surface area contributed by atoms with Gasteiger partial charge in [0, 0.05) is 5.69 Å². The van der Waals surface area contributed by atoms with Crippen LogP contribution in [0, 0.1) is 6.92 Å². The molecule has 118 valence electrons. The fourth-order valence-electron chi connectivity index (χ4n) is 2.33. The number of rotatable bonds is 4. The molecule has 2 heterocycles. The van der Waals surface area contributed by atoms with Gasteiger partial charge in [-0.3, -0.25) is 9.36 Å². The van der Waals surface area contributed by atoms with Gasteiger partial charge >= 0.3 is 0 Å².